The van der Waals surface area contributed by atoms with E-state index in [0.29, 0.717) is 6.61 Å². The Kier molecular flexibility index (Phi) is 4.86. The van der Waals surface area contributed by atoms with Gasteiger partial charge >= 0.3 is 5.97 Å². The normalized spacial score (nSPS) is 15.6. The second kappa shape index (κ2) is 5.13. The molecule has 0 radical (unpaired) electrons. The average molecular weight is 160 g/mol. The van der Waals surface area contributed by atoms with Gasteiger partial charge in [-0.1, -0.05) is 13.8 Å². The molecule has 66 valence electrons. The minimum Gasteiger partial charge on any atom is -0.466 e. The van der Waals surface area contributed by atoms with Gasteiger partial charge in [-0.3, -0.25) is 4.79 Å². The third kappa shape index (κ3) is 4.79. The van der Waals surface area contributed by atoms with Crippen LogP contribution in [-0.2, 0) is 9.53 Å². The van der Waals surface area contributed by atoms with E-state index in [0.717, 1.165) is 0 Å². The van der Waals surface area contributed by atoms with E-state index >= 15 is 0 Å². The van der Waals surface area contributed by atoms with Crippen molar-refractivity contribution in [3.63, 3.8) is 0 Å². The van der Waals surface area contributed by atoms with Crippen LogP contribution in [0, 0.1) is 11.8 Å². The van der Waals surface area contributed by atoms with Crippen LogP contribution < -0.4 is 0 Å². The number of hydrogen-bond acceptors (Lipinski definition) is 3. The van der Waals surface area contributed by atoms with Gasteiger partial charge in [0.2, 0.25) is 0 Å². The van der Waals surface area contributed by atoms with Crippen LogP contribution in [0.2, 0.25) is 0 Å². The summed E-state index contributed by atoms with van der Waals surface area (Å²) in [6.45, 7) is 5.80. The van der Waals surface area contributed by atoms with Gasteiger partial charge in [-0.2, -0.15) is 0 Å². The smallest absolute Gasteiger partial charge is 0.302 e. The summed E-state index contributed by atoms with van der Waals surface area (Å²) in [4.78, 5) is 10.4. The fourth-order valence-corrected chi connectivity index (χ4v) is 0.593. The molecule has 0 aromatic carbocycles. The maximum Gasteiger partial charge on any atom is 0.302 e. The monoisotopic (exact) mass is 160 g/mol. The van der Waals surface area contributed by atoms with Crippen LogP contribution in [0.3, 0.4) is 0 Å². The van der Waals surface area contributed by atoms with Crippen molar-refractivity contribution >= 4 is 5.97 Å². The van der Waals surface area contributed by atoms with Crippen LogP contribution in [0.5, 0.6) is 0 Å². The predicted molar refractivity (Wildman–Crippen MR) is 42.0 cm³/mol. The van der Waals surface area contributed by atoms with Crippen LogP contribution in [-0.4, -0.2) is 24.3 Å². The third-order valence-corrected chi connectivity index (χ3v) is 1.81. The maximum absolute atomic E-state index is 10.4. The van der Waals surface area contributed by atoms with Crippen LogP contribution in [0.1, 0.15) is 20.8 Å². The molecule has 0 rings (SSSR count). The summed E-state index contributed by atoms with van der Waals surface area (Å²) in [7, 11) is 0. The van der Waals surface area contributed by atoms with Gasteiger partial charge in [-0.05, 0) is 11.8 Å². The van der Waals surface area contributed by atoms with E-state index in [1.165, 1.54) is 6.92 Å². The van der Waals surface area contributed by atoms with E-state index in [4.69, 9.17) is 9.84 Å². The molecular formula is C8H16O3. The van der Waals surface area contributed by atoms with Crippen molar-refractivity contribution in [2.75, 3.05) is 13.2 Å². The van der Waals surface area contributed by atoms with Gasteiger partial charge < -0.3 is 9.84 Å². The molecule has 0 bridgehead atoms. The van der Waals surface area contributed by atoms with Crippen LogP contribution in [0.4, 0.5) is 0 Å². The van der Waals surface area contributed by atoms with Gasteiger partial charge in [0.25, 0.3) is 0 Å². The Morgan fingerprint density at radius 3 is 2.36 bits per heavy atom. The molecule has 0 aliphatic carbocycles. The summed E-state index contributed by atoms with van der Waals surface area (Å²) in [5.41, 5.74) is 0. The van der Waals surface area contributed by atoms with E-state index in [1.54, 1.807) is 0 Å². The number of carbonyl (C=O) groups is 1. The van der Waals surface area contributed by atoms with Gasteiger partial charge in [0.05, 0.1) is 6.61 Å². The first-order chi connectivity index (χ1) is 5.07. The lowest BCUT2D eigenvalue weighted by atomic mass is 9.98. The Hall–Kier alpha value is -0.570. The summed E-state index contributed by atoms with van der Waals surface area (Å²) >= 11 is 0. The number of hydrogen-bond donors (Lipinski definition) is 1. The van der Waals surface area contributed by atoms with Crippen molar-refractivity contribution in [1.82, 2.24) is 0 Å². The zero-order valence-electron chi connectivity index (χ0n) is 7.33. The Morgan fingerprint density at radius 2 is 2.00 bits per heavy atom. The predicted octanol–water partition coefficient (Wildman–Crippen LogP) is 0.814. The topological polar surface area (TPSA) is 46.5 Å². The Morgan fingerprint density at radius 1 is 1.45 bits per heavy atom. The number of ether oxygens (including phenoxy) is 1. The number of rotatable bonds is 4. The molecule has 0 amide bonds. The molecule has 11 heavy (non-hydrogen) atoms. The van der Waals surface area contributed by atoms with Crippen molar-refractivity contribution in [3.8, 4) is 0 Å². The highest BCUT2D eigenvalue weighted by molar-refractivity contribution is 5.65. The molecule has 2 atom stereocenters. The molecule has 1 N–H and O–H groups in total. The molecule has 0 aromatic rings. The van der Waals surface area contributed by atoms with Gasteiger partial charge in [0, 0.05) is 13.5 Å². The second-order valence-electron chi connectivity index (χ2n) is 2.94. The van der Waals surface area contributed by atoms with Gasteiger partial charge in [0.15, 0.2) is 0 Å². The van der Waals surface area contributed by atoms with E-state index in [1.807, 2.05) is 13.8 Å². The largest absolute Gasteiger partial charge is 0.466 e. The van der Waals surface area contributed by atoms with Gasteiger partial charge in [-0.15, -0.1) is 0 Å². The number of aliphatic hydroxyl groups excluding tert-OH is 1. The Bertz CT molecular complexity index is 123. The van der Waals surface area contributed by atoms with E-state index in [-0.39, 0.29) is 24.4 Å². The molecule has 0 aliphatic heterocycles. The molecule has 0 aromatic heterocycles. The van der Waals surface area contributed by atoms with E-state index < -0.39 is 0 Å². The number of aliphatic hydroxyl groups is 1. The van der Waals surface area contributed by atoms with Crippen molar-refractivity contribution in [2.45, 2.75) is 20.8 Å². The Balaban J connectivity index is 3.51. The lowest BCUT2D eigenvalue weighted by molar-refractivity contribution is -0.142. The highest BCUT2D eigenvalue weighted by Gasteiger charge is 2.11. The molecule has 0 saturated carbocycles. The van der Waals surface area contributed by atoms with Gasteiger partial charge in [0.1, 0.15) is 0 Å². The van der Waals surface area contributed by atoms with E-state index in [9.17, 15) is 4.79 Å². The average Bonchev–Trinajstić information content (AvgIpc) is 1.98. The first kappa shape index (κ1) is 10.4. The maximum atomic E-state index is 10.4. The first-order valence-electron chi connectivity index (χ1n) is 3.82. The summed E-state index contributed by atoms with van der Waals surface area (Å²) < 4.78 is 4.78. The summed E-state index contributed by atoms with van der Waals surface area (Å²) in [6, 6.07) is 0. The molecule has 0 spiro atoms. The molecule has 3 nitrogen and oxygen atoms in total. The molecule has 0 heterocycles. The molecule has 3 heteroatoms. The standard InChI is InChI=1S/C8H16O3/c1-6(4-9)7(2)5-11-8(3)10/h6-7,9H,4-5H2,1-3H3/t6-,7+/m1/s1. The third-order valence-electron chi connectivity index (χ3n) is 1.81. The zero-order chi connectivity index (χ0) is 8.85. The van der Waals surface area contributed by atoms with Crippen molar-refractivity contribution in [2.24, 2.45) is 11.8 Å². The minimum absolute atomic E-state index is 0.141. The highest BCUT2D eigenvalue weighted by Crippen LogP contribution is 2.09. The van der Waals surface area contributed by atoms with Crippen LogP contribution in [0.15, 0.2) is 0 Å². The second-order valence-corrected chi connectivity index (χ2v) is 2.94. The van der Waals surface area contributed by atoms with Crippen molar-refractivity contribution < 1.29 is 14.6 Å². The lowest BCUT2D eigenvalue weighted by Crippen LogP contribution is -2.18. The van der Waals surface area contributed by atoms with Crippen molar-refractivity contribution in [3.05, 3.63) is 0 Å². The van der Waals surface area contributed by atoms with Crippen LogP contribution >= 0.6 is 0 Å². The fraction of sp³-hybridized carbons (Fsp3) is 0.875. The highest BCUT2D eigenvalue weighted by atomic mass is 16.5. The number of carbonyl (C=O) groups excluding carboxylic acids is 1. The minimum atomic E-state index is -0.262. The fourth-order valence-electron chi connectivity index (χ4n) is 0.593. The summed E-state index contributed by atoms with van der Waals surface area (Å²) in [5, 5.41) is 8.73. The molecule has 0 fully saturated rings. The molecular weight excluding hydrogens is 144 g/mol. The summed E-state index contributed by atoms with van der Waals surface area (Å²) in [6.07, 6.45) is 0. The Labute approximate surface area is 67.4 Å². The molecule has 0 unspecified atom stereocenters. The lowest BCUT2D eigenvalue weighted by Gasteiger charge is -2.16. The summed E-state index contributed by atoms with van der Waals surface area (Å²) in [5.74, 6) is 0.153. The van der Waals surface area contributed by atoms with Crippen molar-refractivity contribution in [1.29, 1.82) is 0 Å². The molecule has 0 aliphatic rings. The van der Waals surface area contributed by atoms with Crippen LogP contribution in [0.25, 0.3) is 0 Å². The zero-order valence-corrected chi connectivity index (χ0v) is 7.33. The number of esters is 1. The quantitative estimate of drug-likeness (QED) is 0.619. The van der Waals surface area contributed by atoms with Gasteiger partial charge in [-0.25, -0.2) is 0 Å². The molecule has 0 saturated heterocycles. The van der Waals surface area contributed by atoms with E-state index in [2.05, 4.69) is 0 Å². The first-order valence-corrected chi connectivity index (χ1v) is 3.82. The SMILES string of the molecule is CC(=O)OC[C@H](C)[C@H](C)CO.